The minimum Gasteiger partial charge on any atom is -0.228 e. The SMILES string of the molecule is Cc1ccc(Cl)cc1-c1nc(Cl)c2c(C)cccc2n1. The zero-order valence-electron chi connectivity index (χ0n) is 11.1. The molecule has 2 nitrogen and oxygen atoms in total. The first-order chi connectivity index (χ1) is 9.56. The molecule has 0 spiro atoms. The largest absolute Gasteiger partial charge is 0.228 e. The van der Waals surface area contributed by atoms with Gasteiger partial charge >= 0.3 is 0 Å². The lowest BCUT2D eigenvalue weighted by molar-refractivity contribution is 1.21. The number of aryl methyl sites for hydroxylation is 2. The Kier molecular flexibility index (Phi) is 3.36. The molecule has 3 rings (SSSR count). The molecule has 0 aliphatic heterocycles. The van der Waals surface area contributed by atoms with Crippen molar-refractivity contribution < 1.29 is 0 Å². The van der Waals surface area contributed by atoms with Gasteiger partial charge in [-0.25, -0.2) is 9.97 Å². The van der Waals surface area contributed by atoms with E-state index in [4.69, 9.17) is 23.2 Å². The van der Waals surface area contributed by atoms with Crippen molar-refractivity contribution in [3.8, 4) is 11.4 Å². The number of hydrogen-bond donors (Lipinski definition) is 0. The quantitative estimate of drug-likeness (QED) is 0.576. The Morgan fingerprint density at radius 1 is 0.900 bits per heavy atom. The van der Waals surface area contributed by atoms with Crippen molar-refractivity contribution in [2.24, 2.45) is 0 Å². The second kappa shape index (κ2) is 5.04. The van der Waals surface area contributed by atoms with Gasteiger partial charge in [-0.2, -0.15) is 0 Å². The maximum absolute atomic E-state index is 6.33. The van der Waals surface area contributed by atoms with Gasteiger partial charge in [-0.1, -0.05) is 41.4 Å². The standard InChI is InChI=1S/C16H12Cl2N2/c1-9-6-7-11(17)8-12(9)16-19-13-5-3-4-10(2)14(13)15(18)20-16/h3-8H,1-2H3. The molecule has 0 aliphatic carbocycles. The average molecular weight is 303 g/mol. The van der Waals surface area contributed by atoms with Gasteiger partial charge in [0.2, 0.25) is 0 Å². The zero-order chi connectivity index (χ0) is 14.3. The van der Waals surface area contributed by atoms with Crippen LogP contribution in [0.3, 0.4) is 0 Å². The van der Waals surface area contributed by atoms with E-state index in [0.29, 0.717) is 16.0 Å². The maximum atomic E-state index is 6.33. The van der Waals surface area contributed by atoms with Gasteiger partial charge in [0, 0.05) is 16.0 Å². The lowest BCUT2D eigenvalue weighted by Crippen LogP contribution is -1.95. The van der Waals surface area contributed by atoms with Crippen molar-refractivity contribution in [1.29, 1.82) is 0 Å². The Labute approximate surface area is 127 Å². The van der Waals surface area contributed by atoms with Crippen molar-refractivity contribution in [2.75, 3.05) is 0 Å². The lowest BCUT2D eigenvalue weighted by atomic mass is 10.1. The summed E-state index contributed by atoms with van der Waals surface area (Å²) in [5.74, 6) is 0.605. The van der Waals surface area contributed by atoms with E-state index in [9.17, 15) is 0 Å². The van der Waals surface area contributed by atoms with E-state index in [1.165, 1.54) is 0 Å². The van der Waals surface area contributed by atoms with Gasteiger partial charge in [0.1, 0.15) is 5.15 Å². The molecule has 20 heavy (non-hydrogen) atoms. The normalized spacial score (nSPS) is 11.0. The molecule has 0 bridgehead atoms. The van der Waals surface area contributed by atoms with Crippen molar-refractivity contribution in [1.82, 2.24) is 9.97 Å². The number of nitrogens with zero attached hydrogens (tertiary/aromatic N) is 2. The lowest BCUT2D eigenvalue weighted by Gasteiger charge is -2.09. The predicted molar refractivity (Wildman–Crippen MR) is 84.5 cm³/mol. The topological polar surface area (TPSA) is 25.8 Å². The van der Waals surface area contributed by atoms with E-state index in [1.54, 1.807) is 0 Å². The molecule has 0 aliphatic rings. The summed E-state index contributed by atoms with van der Waals surface area (Å²) in [6, 6.07) is 11.6. The average Bonchev–Trinajstić information content (AvgIpc) is 2.41. The Hall–Kier alpha value is -1.64. The molecular weight excluding hydrogens is 291 g/mol. The molecule has 2 aromatic carbocycles. The summed E-state index contributed by atoms with van der Waals surface area (Å²) in [7, 11) is 0. The van der Waals surface area contributed by atoms with Gasteiger partial charge in [0.15, 0.2) is 5.82 Å². The summed E-state index contributed by atoms with van der Waals surface area (Å²) in [6.07, 6.45) is 0. The molecule has 0 N–H and O–H groups in total. The number of halogens is 2. The van der Waals surface area contributed by atoms with Gasteiger partial charge in [-0.05, 0) is 43.2 Å². The third-order valence-electron chi connectivity index (χ3n) is 3.33. The summed E-state index contributed by atoms with van der Waals surface area (Å²) in [5.41, 5.74) is 3.89. The Morgan fingerprint density at radius 3 is 2.50 bits per heavy atom. The molecule has 1 heterocycles. The maximum Gasteiger partial charge on any atom is 0.161 e. The smallest absolute Gasteiger partial charge is 0.161 e. The summed E-state index contributed by atoms with van der Waals surface area (Å²) < 4.78 is 0. The van der Waals surface area contributed by atoms with Crippen LogP contribution in [0.1, 0.15) is 11.1 Å². The molecule has 0 saturated carbocycles. The van der Waals surface area contributed by atoms with Gasteiger partial charge < -0.3 is 0 Å². The Bertz CT molecular complexity index is 813. The van der Waals surface area contributed by atoms with Gasteiger partial charge in [-0.3, -0.25) is 0 Å². The van der Waals surface area contributed by atoms with Gasteiger partial charge in [-0.15, -0.1) is 0 Å². The van der Waals surface area contributed by atoms with Crippen LogP contribution >= 0.6 is 23.2 Å². The van der Waals surface area contributed by atoms with Crippen LogP contribution < -0.4 is 0 Å². The number of benzene rings is 2. The highest BCUT2D eigenvalue weighted by Gasteiger charge is 2.11. The van der Waals surface area contributed by atoms with Crippen LogP contribution in [0.25, 0.3) is 22.3 Å². The van der Waals surface area contributed by atoms with Crippen LogP contribution in [0.5, 0.6) is 0 Å². The Balaban J connectivity index is 2.30. The molecular formula is C16H12Cl2N2. The number of aromatic nitrogens is 2. The molecule has 3 aromatic rings. The summed E-state index contributed by atoms with van der Waals surface area (Å²) in [5, 5.41) is 2.04. The van der Waals surface area contributed by atoms with E-state index in [-0.39, 0.29) is 0 Å². The monoisotopic (exact) mass is 302 g/mol. The van der Waals surface area contributed by atoms with Crippen LogP contribution in [-0.2, 0) is 0 Å². The number of rotatable bonds is 1. The fourth-order valence-corrected chi connectivity index (χ4v) is 2.76. The van der Waals surface area contributed by atoms with E-state index in [0.717, 1.165) is 27.6 Å². The fraction of sp³-hybridized carbons (Fsp3) is 0.125. The summed E-state index contributed by atoms with van der Waals surface area (Å²) in [4.78, 5) is 9.04. The first-order valence-corrected chi connectivity index (χ1v) is 7.01. The van der Waals surface area contributed by atoms with Crippen molar-refractivity contribution in [3.63, 3.8) is 0 Å². The first-order valence-electron chi connectivity index (χ1n) is 6.25. The van der Waals surface area contributed by atoms with Gasteiger partial charge in [0.25, 0.3) is 0 Å². The third-order valence-corrected chi connectivity index (χ3v) is 3.84. The molecule has 0 radical (unpaired) electrons. The van der Waals surface area contributed by atoms with E-state index < -0.39 is 0 Å². The highest BCUT2D eigenvalue weighted by atomic mass is 35.5. The molecule has 100 valence electrons. The van der Waals surface area contributed by atoms with Crippen LogP contribution in [0, 0.1) is 13.8 Å². The second-order valence-electron chi connectivity index (χ2n) is 4.77. The fourth-order valence-electron chi connectivity index (χ4n) is 2.26. The molecule has 0 atom stereocenters. The molecule has 0 saturated heterocycles. The second-order valence-corrected chi connectivity index (χ2v) is 5.56. The minimum absolute atomic E-state index is 0.475. The van der Waals surface area contributed by atoms with Crippen LogP contribution in [0.15, 0.2) is 36.4 Å². The van der Waals surface area contributed by atoms with Crippen LogP contribution in [0.2, 0.25) is 10.2 Å². The number of fused-ring (bicyclic) bond motifs is 1. The highest BCUT2D eigenvalue weighted by Crippen LogP contribution is 2.29. The van der Waals surface area contributed by atoms with E-state index >= 15 is 0 Å². The first kappa shape index (κ1) is 13.3. The predicted octanol–water partition coefficient (Wildman–Crippen LogP) is 5.22. The molecule has 1 aromatic heterocycles. The van der Waals surface area contributed by atoms with Crippen LogP contribution in [0.4, 0.5) is 0 Å². The van der Waals surface area contributed by atoms with E-state index in [2.05, 4.69) is 9.97 Å². The summed E-state index contributed by atoms with van der Waals surface area (Å²) in [6.45, 7) is 4.01. The summed E-state index contributed by atoms with van der Waals surface area (Å²) >= 11 is 12.4. The van der Waals surface area contributed by atoms with E-state index in [1.807, 2.05) is 50.2 Å². The molecule has 0 amide bonds. The third kappa shape index (κ3) is 2.26. The molecule has 0 fully saturated rings. The highest BCUT2D eigenvalue weighted by molar-refractivity contribution is 6.34. The zero-order valence-corrected chi connectivity index (χ0v) is 12.6. The number of hydrogen-bond acceptors (Lipinski definition) is 2. The van der Waals surface area contributed by atoms with Crippen molar-refractivity contribution in [2.45, 2.75) is 13.8 Å². The minimum atomic E-state index is 0.475. The van der Waals surface area contributed by atoms with Crippen molar-refractivity contribution in [3.05, 3.63) is 57.7 Å². The van der Waals surface area contributed by atoms with Crippen LogP contribution in [-0.4, -0.2) is 9.97 Å². The Morgan fingerprint density at radius 2 is 1.70 bits per heavy atom. The molecule has 0 unspecified atom stereocenters. The van der Waals surface area contributed by atoms with Gasteiger partial charge in [0.05, 0.1) is 5.52 Å². The van der Waals surface area contributed by atoms with Crippen molar-refractivity contribution >= 4 is 34.1 Å². The molecule has 4 heteroatoms.